The van der Waals surface area contributed by atoms with Crippen LogP contribution in [0.15, 0.2) is 48.8 Å². The van der Waals surface area contributed by atoms with Crippen molar-refractivity contribution in [2.45, 2.75) is 26.7 Å². The Labute approximate surface area is 198 Å². The van der Waals surface area contributed by atoms with Crippen LogP contribution in [0, 0.1) is 11.2 Å². The fraction of sp³-hybridized carbons (Fsp3) is 0.360. The summed E-state index contributed by atoms with van der Waals surface area (Å²) in [6.07, 6.45) is 4.79. The maximum absolute atomic E-state index is 13.2. The first-order chi connectivity index (χ1) is 16.4. The predicted octanol–water partition coefficient (Wildman–Crippen LogP) is 4.77. The molecule has 5 rings (SSSR count). The van der Waals surface area contributed by atoms with E-state index in [1.165, 1.54) is 12.1 Å². The predicted molar refractivity (Wildman–Crippen MR) is 132 cm³/mol. The summed E-state index contributed by atoms with van der Waals surface area (Å²) in [5, 5.41) is 6.10. The van der Waals surface area contributed by atoms with E-state index in [-0.39, 0.29) is 17.3 Å². The average Bonchev–Trinajstić information content (AvgIpc) is 3.07. The molecular weight excluding hydrogens is 433 g/mol. The van der Waals surface area contributed by atoms with Gasteiger partial charge in [0, 0.05) is 37.9 Å². The van der Waals surface area contributed by atoms with Gasteiger partial charge in [0.2, 0.25) is 0 Å². The van der Waals surface area contributed by atoms with Gasteiger partial charge in [0.05, 0.1) is 17.6 Å². The molecule has 3 aromatic heterocycles. The molecule has 0 aromatic carbocycles. The lowest BCUT2D eigenvalue weighted by Gasteiger charge is -2.23. The molecule has 0 unspecified atom stereocenters. The molecule has 176 valence electrons. The zero-order chi connectivity index (χ0) is 23.7. The Hall–Kier alpha value is -3.75. The molecule has 2 aliphatic heterocycles. The van der Waals surface area contributed by atoms with Crippen molar-refractivity contribution in [3.63, 3.8) is 0 Å². The van der Waals surface area contributed by atoms with E-state index in [4.69, 9.17) is 4.98 Å². The van der Waals surface area contributed by atoms with Crippen molar-refractivity contribution >= 4 is 29.2 Å². The van der Waals surface area contributed by atoms with Crippen LogP contribution in [0.25, 0.3) is 11.3 Å². The van der Waals surface area contributed by atoms with Crippen LogP contribution in [0.5, 0.6) is 0 Å². The molecule has 0 saturated carbocycles. The third-order valence-corrected chi connectivity index (χ3v) is 6.25. The maximum Gasteiger partial charge on any atom is 0.328 e. The largest absolute Gasteiger partial charge is 0.382 e. The van der Waals surface area contributed by atoms with Crippen molar-refractivity contribution in [3.05, 3.63) is 54.6 Å². The minimum Gasteiger partial charge on any atom is -0.382 e. The van der Waals surface area contributed by atoms with Crippen molar-refractivity contribution in [3.8, 4) is 11.3 Å². The molecule has 0 aliphatic carbocycles. The molecule has 1 saturated heterocycles. The second-order valence-corrected chi connectivity index (χ2v) is 9.53. The van der Waals surface area contributed by atoms with Crippen molar-refractivity contribution in [1.82, 2.24) is 15.0 Å². The van der Waals surface area contributed by atoms with Gasteiger partial charge in [0.15, 0.2) is 5.82 Å². The lowest BCUT2D eigenvalue weighted by molar-refractivity contribution is 0.256. The summed E-state index contributed by atoms with van der Waals surface area (Å²) < 4.78 is 13.2. The minimum atomic E-state index is -0.456. The summed E-state index contributed by atoms with van der Waals surface area (Å²) in [5.41, 5.74) is 2.78. The summed E-state index contributed by atoms with van der Waals surface area (Å²) in [4.78, 5) is 30.4. The second-order valence-electron chi connectivity index (χ2n) is 9.53. The third-order valence-electron chi connectivity index (χ3n) is 6.25. The normalized spacial score (nSPS) is 17.0. The van der Waals surface area contributed by atoms with E-state index in [1.807, 2.05) is 24.4 Å². The Balaban J connectivity index is 1.43. The molecule has 8 nitrogen and oxygen atoms in total. The summed E-state index contributed by atoms with van der Waals surface area (Å²) in [6, 6.07) is 10.3. The number of carbonyl (C=O) groups excluding carboxylic acids is 1. The highest BCUT2D eigenvalue weighted by atomic mass is 19.1. The van der Waals surface area contributed by atoms with E-state index in [2.05, 4.69) is 45.4 Å². The molecular formula is C25H28FN7O. The van der Waals surface area contributed by atoms with Gasteiger partial charge in [-0.1, -0.05) is 13.8 Å². The van der Waals surface area contributed by atoms with Crippen molar-refractivity contribution in [2.75, 3.05) is 46.6 Å². The number of halogens is 1. The quantitative estimate of drug-likeness (QED) is 0.585. The highest BCUT2D eigenvalue weighted by molar-refractivity contribution is 6.02. The van der Waals surface area contributed by atoms with Crippen LogP contribution in [0.3, 0.4) is 0 Å². The number of fused-ring (bicyclic) bond motifs is 1. The molecule has 1 fully saturated rings. The zero-order valence-corrected chi connectivity index (χ0v) is 19.4. The van der Waals surface area contributed by atoms with Gasteiger partial charge < -0.3 is 10.2 Å². The molecule has 0 atom stereocenters. The SMILES string of the molecule is CC1(C)CCN(c2cc(-c3ccc4c(n3)N(C(=O)Nc3ccc(F)cn3)CCCN4)ccn2)C1. The van der Waals surface area contributed by atoms with Gasteiger partial charge in [-0.3, -0.25) is 10.2 Å². The molecule has 5 heterocycles. The standard InChI is InChI=1S/C25H28FN7O/c1-25(2)9-13-32(16-25)22-14-17(8-11-28-22)19-5-6-20-23(30-19)33(12-3-10-27-20)24(34)31-21-7-4-18(26)15-29-21/h4-8,11,14-15,27H,3,9-10,12-13,16H2,1-2H3,(H,29,31,34). The average molecular weight is 462 g/mol. The molecule has 0 spiro atoms. The fourth-order valence-corrected chi connectivity index (χ4v) is 4.40. The number of pyridine rings is 3. The number of anilines is 4. The number of nitrogens with zero attached hydrogens (tertiary/aromatic N) is 5. The Morgan fingerprint density at radius 3 is 2.79 bits per heavy atom. The highest BCUT2D eigenvalue weighted by Crippen LogP contribution is 2.34. The minimum absolute atomic E-state index is 0.277. The van der Waals surface area contributed by atoms with E-state index in [0.717, 1.165) is 61.4 Å². The molecule has 2 aliphatic rings. The van der Waals surface area contributed by atoms with Crippen LogP contribution < -0.4 is 20.4 Å². The first-order valence-electron chi connectivity index (χ1n) is 11.5. The first kappa shape index (κ1) is 22.1. The van der Waals surface area contributed by atoms with Crippen LogP contribution in [0.4, 0.5) is 32.3 Å². The van der Waals surface area contributed by atoms with E-state index >= 15 is 0 Å². The smallest absolute Gasteiger partial charge is 0.328 e. The van der Waals surface area contributed by atoms with Gasteiger partial charge in [0.25, 0.3) is 0 Å². The van der Waals surface area contributed by atoms with Crippen molar-refractivity contribution in [2.24, 2.45) is 5.41 Å². The third kappa shape index (κ3) is 4.64. The number of amides is 2. The number of carbonyl (C=O) groups is 1. The molecule has 34 heavy (non-hydrogen) atoms. The number of hydrogen-bond acceptors (Lipinski definition) is 6. The van der Waals surface area contributed by atoms with E-state index < -0.39 is 5.82 Å². The van der Waals surface area contributed by atoms with Crippen LogP contribution in [-0.4, -0.2) is 47.2 Å². The highest BCUT2D eigenvalue weighted by Gasteiger charge is 2.30. The van der Waals surface area contributed by atoms with Gasteiger partial charge in [-0.05, 0) is 54.7 Å². The Kier molecular flexibility index (Phi) is 5.77. The number of hydrogen-bond donors (Lipinski definition) is 2. The number of urea groups is 1. The van der Waals surface area contributed by atoms with Crippen LogP contribution in [0.1, 0.15) is 26.7 Å². The fourth-order valence-electron chi connectivity index (χ4n) is 4.40. The Morgan fingerprint density at radius 2 is 2.03 bits per heavy atom. The number of rotatable bonds is 3. The second kappa shape index (κ2) is 8.89. The Bertz CT molecular complexity index is 1200. The summed E-state index contributed by atoms with van der Waals surface area (Å²) >= 11 is 0. The van der Waals surface area contributed by atoms with Gasteiger partial charge in [-0.2, -0.15) is 0 Å². The molecule has 0 radical (unpaired) electrons. The number of aromatic nitrogens is 3. The molecule has 2 N–H and O–H groups in total. The summed E-state index contributed by atoms with van der Waals surface area (Å²) in [7, 11) is 0. The van der Waals surface area contributed by atoms with Gasteiger partial charge in [-0.15, -0.1) is 0 Å². The molecule has 2 amide bonds. The Morgan fingerprint density at radius 1 is 1.15 bits per heavy atom. The molecule has 0 bridgehead atoms. The number of nitrogens with one attached hydrogen (secondary N) is 2. The van der Waals surface area contributed by atoms with Gasteiger partial charge in [0.1, 0.15) is 17.5 Å². The van der Waals surface area contributed by atoms with Crippen LogP contribution in [-0.2, 0) is 0 Å². The first-order valence-corrected chi connectivity index (χ1v) is 11.5. The topological polar surface area (TPSA) is 86.3 Å². The van der Waals surface area contributed by atoms with E-state index in [0.29, 0.717) is 12.4 Å². The summed E-state index contributed by atoms with van der Waals surface area (Å²) in [5.74, 6) is 1.32. The van der Waals surface area contributed by atoms with Gasteiger partial charge in [-0.25, -0.2) is 24.1 Å². The van der Waals surface area contributed by atoms with Crippen molar-refractivity contribution in [1.29, 1.82) is 0 Å². The van der Waals surface area contributed by atoms with E-state index in [1.54, 1.807) is 4.90 Å². The van der Waals surface area contributed by atoms with Crippen molar-refractivity contribution < 1.29 is 9.18 Å². The lowest BCUT2D eigenvalue weighted by atomic mass is 9.93. The lowest BCUT2D eigenvalue weighted by Crippen LogP contribution is -2.36. The molecule has 9 heteroatoms. The monoisotopic (exact) mass is 461 g/mol. The molecule has 3 aromatic rings. The maximum atomic E-state index is 13.2. The summed E-state index contributed by atoms with van der Waals surface area (Å²) in [6.45, 7) is 7.73. The van der Waals surface area contributed by atoms with Crippen LogP contribution >= 0.6 is 0 Å². The zero-order valence-electron chi connectivity index (χ0n) is 19.4. The van der Waals surface area contributed by atoms with Crippen LogP contribution in [0.2, 0.25) is 0 Å². The van der Waals surface area contributed by atoms with Gasteiger partial charge >= 0.3 is 6.03 Å². The van der Waals surface area contributed by atoms with E-state index in [9.17, 15) is 9.18 Å².